The molecule has 106 valence electrons. The lowest BCUT2D eigenvalue weighted by molar-refractivity contribution is 0.0123. The minimum atomic E-state index is -3.89. The second-order valence-corrected chi connectivity index (χ2v) is 6.37. The highest BCUT2D eigenvalue weighted by molar-refractivity contribution is 7.88. The second-order valence-electron chi connectivity index (χ2n) is 4.40. The van der Waals surface area contributed by atoms with Crippen LogP contribution < -0.4 is 0 Å². The van der Waals surface area contributed by atoms with Gasteiger partial charge >= 0.3 is 0 Å². The summed E-state index contributed by atoms with van der Waals surface area (Å²) >= 11 is 0. The van der Waals surface area contributed by atoms with E-state index < -0.39 is 39.8 Å². The van der Waals surface area contributed by atoms with Gasteiger partial charge in [-0.05, 0) is 18.2 Å². The molecule has 8 heteroatoms. The third kappa shape index (κ3) is 3.06. The molecule has 0 atom stereocenters. The van der Waals surface area contributed by atoms with Gasteiger partial charge in [0, 0.05) is 24.6 Å². The molecule has 0 spiro atoms. The van der Waals surface area contributed by atoms with E-state index in [0.29, 0.717) is 0 Å². The number of halogens is 4. The summed E-state index contributed by atoms with van der Waals surface area (Å²) in [7, 11) is -3.89. The van der Waals surface area contributed by atoms with Crippen molar-refractivity contribution in [2.45, 2.75) is 12.2 Å². The lowest BCUT2D eigenvalue weighted by atomic mass is 10.1. The van der Waals surface area contributed by atoms with E-state index in [2.05, 4.69) is 0 Å². The van der Waals surface area contributed by atoms with Crippen molar-refractivity contribution in [3.8, 4) is 0 Å². The molecule has 0 radical (unpaired) electrons. The van der Waals surface area contributed by atoms with Gasteiger partial charge in [-0.25, -0.2) is 30.3 Å². The normalized spacial score (nSPS) is 17.7. The van der Waals surface area contributed by atoms with Crippen LogP contribution in [0.2, 0.25) is 0 Å². The van der Waals surface area contributed by atoms with Crippen LogP contribution in [0.5, 0.6) is 0 Å². The van der Waals surface area contributed by atoms with Crippen molar-refractivity contribution in [2.24, 2.45) is 5.92 Å². The molecular formula is C11H11F4NO2S. The first kappa shape index (κ1) is 14.3. The van der Waals surface area contributed by atoms with E-state index in [0.717, 1.165) is 22.5 Å². The van der Waals surface area contributed by atoms with Crippen LogP contribution in [0.3, 0.4) is 0 Å². The zero-order chi connectivity index (χ0) is 14.2. The van der Waals surface area contributed by atoms with E-state index in [1.807, 2.05) is 0 Å². The van der Waals surface area contributed by atoms with E-state index in [4.69, 9.17) is 0 Å². The predicted molar refractivity (Wildman–Crippen MR) is 60.0 cm³/mol. The molecule has 19 heavy (non-hydrogen) atoms. The molecule has 1 aromatic rings. The number of benzene rings is 1. The van der Waals surface area contributed by atoms with Crippen LogP contribution in [-0.4, -0.2) is 32.2 Å². The lowest BCUT2D eigenvalue weighted by Crippen LogP contribution is -2.52. The Balaban J connectivity index is 2.08. The molecule has 0 bridgehead atoms. The first-order chi connectivity index (χ1) is 8.79. The maximum atomic E-state index is 13.3. The van der Waals surface area contributed by atoms with Crippen molar-refractivity contribution in [3.05, 3.63) is 35.4 Å². The van der Waals surface area contributed by atoms with Gasteiger partial charge in [0.2, 0.25) is 16.4 Å². The van der Waals surface area contributed by atoms with Crippen molar-refractivity contribution in [1.29, 1.82) is 0 Å². The highest BCUT2D eigenvalue weighted by Gasteiger charge is 2.40. The van der Waals surface area contributed by atoms with Crippen LogP contribution in [0.4, 0.5) is 17.6 Å². The Morgan fingerprint density at radius 2 is 1.89 bits per heavy atom. The van der Waals surface area contributed by atoms with Gasteiger partial charge in [-0.15, -0.1) is 0 Å². The molecule has 1 fully saturated rings. The van der Waals surface area contributed by atoms with E-state index in [1.54, 1.807) is 0 Å². The second kappa shape index (κ2) is 5.09. The van der Waals surface area contributed by atoms with Gasteiger partial charge in [0.15, 0.2) is 0 Å². The summed E-state index contributed by atoms with van der Waals surface area (Å²) in [6, 6.07) is 2.50. The van der Waals surface area contributed by atoms with Crippen LogP contribution >= 0.6 is 0 Å². The Labute approximate surface area is 107 Å². The third-order valence-corrected chi connectivity index (χ3v) is 4.73. The van der Waals surface area contributed by atoms with Crippen LogP contribution in [-0.2, 0) is 15.8 Å². The van der Waals surface area contributed by atoms with E-state index in [-0.39, 0.29) is 18.7 Å². The van der Waals surface area contributed by atoms with Gasteiger partial charge in [-0.1, -0.05) is 0 Å². The Morgan fingerprint density at radius 1 is 1.26 bits per heavy atom. The van der Waals surface area contributed by atoms with Gasteiger partial charge < -0.3 is 0 Å². The van der Waals surface area contributed by atoms with Crippen molar-refractivity contribution < 1.29 is 26.0 Å². The van der Waals surface area contributed by atoms with Crippen molar-refractivity contribution in [1.82, 2.24) is 4.31 Å². The van der Waals surface area contributed by atoms with E-state index in [1.165, 1.54) is 0 Å². The van der Waals surface area contributed by atoms with Gasteiger partial charge in [0.05, 0.1) is 5.75 Å². The summed E-state index contributed by atoms with van der Waals surface area (Å²) in [6.07, 6.45) is -2.57. The number of hydrogen-bond donors (Lipinski definition) is 0. The van der Waals surface area contributed by atoms with Crippen molar-refractivity contribution >= 4 is 10.0 Å². The SMILES string of the molecule is O=S(=O)(Cc1cc(F)ccc1F)N1CC(C(F)F)C1. The third-order valence-electron chi connectivity index (χ3n) is 2.97. The highest BCUT2D eigenvalue weighted by Crippen LogP contribution is 2.27. The molecule has 0 unspecified atom stereocenters. The number of rotatable bonds is 4. The summed E-state index contributed by atoms with van der Waals surface area (Å²) < 4.78 is 75.2. The quantitative estimate of drug-likeness (QED) is 0.797. The molecule has 0 saturated carbocycles. The molecule has 1 heterocycles. The first-order valence-corrected chi connectivity index (χ1v) is 7.10. The summed E-state index contributed by atoms with van der Waals surface area (Å²) in [4.78, 5) is 0. The zero-order valence-corrected chi connectivity index (χ0v) is 10.5. The minimum absolute atomic E-state index is 0.281. The van der Waals surface area contributed by atoms with Crippen molar-refractivity contribution in [2.75, 3.05) is 13.1 Å². The Hall–Kier alpha value is -1.15. The molecule has 0 N–H and O–H groups in total. The smallest absolute Gasteiger partial charge is 0.212 e. The number of hydrogen-bond acceptors (Lipinski definition) is 2. The maximum Gasteiger partial charge on any atom is 0.243 e. The summed E-state index contributed by atoms with van der Waals surface area (Å²) in [5.74, 6) is -3.30. The minimum Gasteiger partial charge on any atom is -0.212 e. The molecule has 0 amide bonds. The topological polar surface area (TPSA) is 37.4 Å². The predicted octanol–water partition coefficient (Wildman–Crippen LogP) is 1.99. The zero-order valence-electron chi connectivity index (χ0n) is 9.69. The number of nitrogens with zero attached hydrogens (tertiary/aromatic N) is 1. The van der Waals surface area contributed by atoms with Crippen LogP contribution in [0.25, 0.3) is 0 Å². The standard InChI is InChI=1S/C11H11F4NO2S/c12-9-1-2-10(13)7(3-9)6-19(17,18)16-4-8(5-16)11(14)15/h1-3,8,11H,4-6H2. The lowest BCUT2D eigenvalue weighted by Gasteiger charge is -2.37. The fraction of sp³-hybridized carbons (Fsp3) is 0.455. The molecule has 1 aliphatic heterocycles. The Morgan fingerprint density at radius 3 is 2.47 bits per heavy atom. The highest BCUT2D eigenvalue weighted by atomic mass is 32.2. The molecular weight excluding hydrogens is 286 g/mol. The van der Waals surface area contributed by atoms with Gasteiger partial charge in [-0.2, -0.15) is 0 Å². The fourth-order valence-electron chi connectivity index (χ4n) is 1.80. The van der Waals surface area contributed by atoms with Gasteiger partial charge in [0.25, 0.3) is 0 Å². The van der Waals surface area contributed by atoms with Gasteiger partial charge in [-0.3, -0.25) is 0 Å². The average molecular weight is 297 g/mol. The summed E-state index contributed by atoms with van der Waals surface area (Å²) in [6.45, 7) is -0.562. The first-order valence-electron chi connectivity index (χ1n) is 5.49. The monoisotopic (exact) mass is 297 g/mol. The van der Waals surface area contributed by atoms with Crippen LogP contribution in [0.1, 0.15) is 5.56 Å². The van der Waals surface area contributed by atoms with E-state index >= 15 is 0 Å². The number of alkyl halides is 2. The molecule has 2 rings (SSSR count). The molecule has 3 nitrogen and oxygen atoms in total. The summed E-state index contributed by atoms with van der Waals surface area (Å²) in [5.41, 5.74) is -0.305. The van der Waals surface area contributed by atoms with Crippen LogP contribution in [0.15, 0.2) is 18.2 Å². The van der Waals surface area contributed by atoms with E-state index in [9.17, 15) is 26.0 Å². The van der Waals surface area contributed by atoms with Crippen molar-refractivity contribution in [3.63, 3.8) is 0 Å². The molecule has 0 aromatic heterocycles. The fourth-order valence-corrected chi connectivity index (χ4v) is 3.43. The van der Waals surface area contributed by atoms with Crippen LogP contribution in [0, 0.1) is 17.6 Å². The molecule has 1 aromatic carbocycles. The Kier molecular flexibility index (Phi) is 3.82. The summed E-state index contributed by atoms with van der Waals surface area (Å²) in [5, 5.41) is 0. The number of sulfonamides is 1. The largest absolute Gasteiger partial charge is 0.243 e. The maximum absolute atomic E-state index is 13.3. The molecule has 0 aliphatic carbocycles. The average Bonchev–Trinajstić information content (AvgIpc) is 2.19. The molecule has 1 aliphatic rings. The van der Waals surface area contributed by atoms with Gasteiger partial charge in [0.1, 0.15) is 11.6 Å². The molecule has 1 saturated heterocycles. The Bertz CT molecular complexity index is 570.